The smallest absolute Gasteiger partial charge is 0.304 e. The minimum absolute atomic E-state index is 0. The first-order chi connectivity index (χ1) is 13.1. The van der Waals surface area contributed by atoms with Gasteiger partial charge in [0.1, 0.15) is 18.1 Å². The number of likely N-dealkylation sites (tertiary alicyclic amines) is 1. The molecule has 4 rings (SSSR count). The molecule has 1 saturated heterocycles. The molecule has 2 aromatic carbocycles. The van der Waals surface area contributed by atoms with E-state index in [4.69, 9.17) is 14.6 Å². The highest BCUT2D eigenvalue weighted by Gasteiger charge is 2.42. The van der Waals surface area contributed by atoms with Gasteiger partial charge in [0.05, 0.1) is 13.0 Å². The van der Waals surface area contributed by atoms with Crippen LogP contribution in [0.4, 0.5) is 0 Å². The van der Waals surface area contributed by atoms with Crippen molar-refractivity contribution in [1.82, 2.24) is 4.90 Å². The third-order valence-corrected chi connectivity index (χ3v) is 5.73. The van der Waals surface area contributed by atoms with E-state index in [0.717, 1.165) is 49.6 Å². The van der Waals surface area contributed by atoms with Crippen LogP contribution >= 0.6 is 12.4 Å². The van der Waals surface area contributed by atoms with Crippen LogP contribution in [0.15, 0.2) is 48.5 Å². The van der Waals surface area contributed by atoms with Crippen molar-refractivity contribution in [2.45, 2.75) is 31.3 Å². The zero-order valence-electron chi connectivity index (χ0n) is 15.8. The van der Waals surface area contributed by atoms with Crippen LogP contribution in [0.3, 0.4) is 0 Å². The molecule has 0 saturated carbocycles. The standard InChI is InChI=1S/C22H25NO4.ClH/c24-21(25)8-11-23-12-9-22(10-13-23)16-27-20-14-17(6-7-19(20)22)15-26-18-4-2-1-3-5-18;/h1-7,14H,8-13,15-16H2,(H,24,25);1H. The molecule has 1 spiro atoms. The van der Waals surface area contributed by atoms with Crippen LogP contribution in [0.5, 0.6) is 11.5 Å². The molecule has 2 heterocycles. The molecule has 0 atom stereocenters. The lowest BCUT2D eigenvalue weighted by Gasteiger charge is -2.38. The van der Waals surface area contributed by atoms with Crippen molar-refractivity contribution in [2.75, 3.05) is 26.2 Å². The van der Waals surface area contributed by atoms with E-state index in [0.29, 0.717) is 13.2 Å². The summed E-state index contributed by atoms with van der Waals surface area (Å²) in [6.45, 7) is 3.73. The van der Waals surface area contributed by atoms with Crippen LogP contribution in [-0.2, 0) is 16.8 Å². The van der Waals surface area contributed by atoms with E-state index >= 15 is 0 Å². The number of ether oxygens (including phenoxy) is 2. The highest BCUT2D eigenvalue weighted by atomic mass is 35.5. The summed E-state index contributed by atoms with van der Waals surface area (Å²) in [4.78, 5) is 13.0. The van der Waals surface area contributed by atoms with Gasteiger partial charge in [-0.25, -0.2) is 0 Å². The van der Waals surface area contributed by atoms with Crippen molar-refractivity contribution in [2.24, 2.45) is 0 Å². The Morgan fingerprint density at radius 1 is 1.14 bits per heavy atom. The third-order valence-electron chi connectivity index (χ3n) is 5.73. The zero-order valence-corrected chi connectivity index (χ0v) is 16.6. The van der Waals surface area contributed by atoms with Gasteiger partial charge in [0.2, 0.25) is 0 Å². The number of carboxylic acids is 1. The van der Waals surface area contributed by atoms with Crippen molar-refractivity contribution in [1.29, 1.82) is 0 Å². The van der Waals surface area contributed by atoms with Gasteiger partial charge in [0, 0.05) is 17.5 Å². The second-order valence-electron chi connectivity index (χ2n) is 7.49. The number of halogens is 1. The predicted octanol–water partition coefficient (Wildman–Crippen LogP) is 3.89. The van der Waals surface area contributed by atoms with Crippen LogP contribution in [0, 0.1) is 0 Å². The number of aliphatic carboxylic acids is 1. The third kappa shape index (κ3) is 4.42. The number of hydrogen-bond donors (Lipinski definition) is 1. The van der Waals surface area contributed by atoms with Gasteiger partial charge in [-0.1, -0.05) is 30.3 Å². The van der Waals surface area contributed by atoms with Gasteiger partial charge in [-0.15, -0.1) is 12.4 Å². The van der Waals surface area contributed by atoms with Crippen LogP contribution < -0.4 is 9.47 Å². The molecule has 1 N–H and O–H groups in total. The lowest BCUT2D eigenvalue weighted by atomic mass is 9.74. The van der Waals surface area contributed by atoms with E-state index < -0.39 is 5.97 Å². The lowest BCUT2D eigenvalue weighted by molar-refractivity contribution is -0.137. The first kappa shape index (κ1) is 20.5. The molecule has 1 fully saturated rings. The number of nitrogens with zero attached hydrogens (tertiary/aromatic N) is 1. The average Bonchev–Trinajstić information content (AvgIpc) is 3.04. The average molecular weight is 404 g/mol. The van der Waals surface area contributed by atoms with Gasteiger partial charge in [-0.3, -0.25) is 4.79 Å². The lowest BCUT2D eigenvalue weighted by Crippen LogP contribution is -2.44. The SMILES string of the molecule is Cl.O=C(O)CCN1CCC2(CC1)COc1cc(COc3ccccc3)ccc12. The molecule has 2 aromatic rings. The van der Waals surface area contributed by atoms with Gasteiger partial charge >= 0.3 is 5.97 Å². The maximum Gasteiger partial charge on any atom is 0.304 e. The van der Waals surface area contributed by atoms with E-state index in [2.05, 4.69) is 23.1 Å². The van der Waals surface area contributed by atoms with E-state index in [1.165, 1.54) is 5.56 Å². The molecule has 2 aliphatic rings. The van der Waals surface area contributed by atoms with Crippen LogP contribution in [-0.4, -0.2) is 42.2 Å². The first-order valence-electron chi connectivity index (χ1n) is 9.53. The summed E-state index contributed by atoms with van der Waals surface area (Å²) in [7, 11) is 0. The van der Waals surface area contributed by atoms with Gasteiger partial charge in [-0.05, 0) is 49.7 Å². The number of rotatable bonds is 6. The van der Waals surface area contributed by atoms with E-state index in [1.807, 2.05) is 30.3 Å². The second kappa shape index (κ2) is 8.84. The Morgan fingerprint density at radius 2 is 1.89 bits per heavy atom. The Hall–Kier alpha value is -2.24. The van der Waals surface area contributed by atoms with Crippen LogP contribution in [0.2, 0.25) is 0 Å². The van der Waals surface area contributed by atoms with Crippen LogP contribution in [0.1, 0.15) is 30.4 Å². The fraction of sp³-hybridized carbons (Fsp3) is 0.409. The Bertz CT molecular complexity index is 803. The number of carboxylic acid groups (broad SMARTS) is 1. The molecular formula is C22H26ClNO4. The van der Waals surface area contributed by atoms with Gasteiger partial charge in [0.25, 0.3) is 0 Å². The maximum atomic E-state index is 10.8. The molecule has 0 unspecified atom stereocenters. The summed E-state index contributed by atoms with van der Waals surface area (Å²) in [5.74, 6) is 1.11. The van der Waals surface area contributed by atoms with Crippen molar-refractivity contribution in [3.05, 3.63) is 59.7 Å². The zero-order chi connectivity index (χ0) is 18.7. The van der Waals surface area contributed by atoms with E-state index in [-0.39, 0.29) is 24.2 Å². The topological polar surface area (TPSA) is 59.0 Å². The number of para-hydroxylation sites is 1. The number of hydrogen-bond acceptors (Lipinski definition) is 4. The normalized spacial score (nSPS) is 17.4. The minimum atomic E-state index is -0.727. The highest BCUT2D eigenvalue weighted by Crippen LogP contribution is 2.45. The Balaban J connectivity index is 0.00000225. The predicted molar refractivity (Wildman–Crippen MR) is 110 cm³/mol. The highest BCUT2D eigenvalue weighted by molar-refractivity contribution is 5.85. The molecular weight excluding hydrogens is 378 g/mol. The van der Waals surface area contributed by atoms with E-state index in [9.17, 15) is 4.79 Å². The molecule has 0 bridgehead atoms. The summed E-state index contributed by atoms with van der Waals surface area (Å²) in [6.07, 6.45) is 2.24. The molecule has 5 nitrogen and oxygen atoms in total. The summed E-state index contributed by atoms with van der Waals surface area (Å²) >= 11 is 0. The fourth-order valence-electron chi connectivity index (χ4n) is 4.06. The number of piperidine rings is 1. The molecule has 2 aliphatic heterocycles. The minimum Gasteiger partial charge on any atom is -0.492 e. The molecule has 0 amide bonds. The molecule has 0 radical (unpaired) electrons. The maximum absolute atomic E-state index is 10.8. The Labute approximate surface area is 171 Å². The van der Waals surface area contributed by atoms with Crippen molar-refractivity contribution >= 4 is 18.4 Å². The summed E-state index contributed by atoms with van der Waals surface area (Å²) in [5.41, 5.74) is 2.48. The van der Waals surface area contributed by atoms with Crippen molar-refractivity contribution < 1.29 is 19.4 Å². The molecule has 0 aliphatic carbocycles. The van der Waals surface area contributed by atoms with Gasteiger partial charge < -0.3 is 19.5 Å². The summed E-state index contributed by atoms with van der Waals surface area (Å²) in [6, 6.07) is 16.2. The molecule has 0 aromatic heterocycles. The Kier molecular flexibility index (Phi) is 6.47. The number of carbonyl (C=O) groups is 1. The first-order valence-corrected chi connectivity index (χ1v) is 9.53. The van der Waals surface area contributed by atoms with E-state index in [1.54, 1.807) is 0 Å². The number of benzene rings is 2. The van der Waals surface area contributed by atoms with Crippen molar-refractivity contribution in [3.8, 4) is 11.5 Å². The quantitative estimate of drug-likeness (QED) is 0.792. The van der Waals surface area contributed by atoms with Crippen molar-refractivity contribution in [3.63, 3.8) is 0 Å². The molecule has 150 valence electrons. The Morgan fingerprint density at radius 3 is 2.61 bits per heavy atom. The second-order valence-corrected chi connectivity index (χ2v) is 7.49. The largest absolute Gasteiger partial charge is 0.492 e. The summed E-state index contributed by atoms with van der Waals surface area (Å²) in [5, 5.41) is 8.86. The fourth-order valence-corrected chi connectivity index (χ4v) is 4.06. The molecule has 6 heteroatoms. The number of fused-ring (bicyclic) bond motifs is 2. The van der Waals surface area contributed by atoms with Gasteiger partial charge in [-0.2, -0.15) is 0 Å². The van der Waals surface area contributed by atoms with Crippen LogP contribution in [0.25, 0.3) is 0 Å². The monoisotopic (exact) mass is 403 g/mol. The summed E-state index contributed by atoms with van der Waals surface area (Å²) < 4.78 is 11.9. The van der Waals surface area contributed by atoms with Gasteiger partial charge in [0.15, 0.2) is 0 Å². The molecule has 28 heavy (non-hydrogen) atoms.